The monoisotopic (exact) mass is 257 g/mol. The minimum Gasteiger partial charge on any atom is -0.744 e. The molecule has 1 rings (SSSR count). The molecule has 0 aromatic heterocycles. The van der Waals surface area contributed by atoms with Crippen molar-refractivity contribution in [2.24, 2.45) is 0 Å². The molecule has 0 saturated heterocycles. The lowest BCUT2D eigenvalue weighted by atomic mass is 10.2. The van der Waals surface area contributed by atoms with E-state index in [0.29, 0.717) is 0 Å². The highest BCUT2D eigenvalue weighted by Crippen LogP contribution is 2.08. The Morgan fingerprint density at radius 3 is 1.71 bits per heavy atom. The van der Waals surface area contributed by atoms with E-state index in [-0.39, 0.29) is 4.90 Å². The van der Waals surface area contributed by atoms with E-state index in [1.54, 1.807) is 12.1 Å². The highest BCUT2D eigenvalue weighted by atomic mass is 32.2. The van der Waals surface area contributed by atoms with Gasteiger partial charge in [-0.05, 0) is 19.1 Å². The van der Waals surface area contributed by atoms with Crippen molar-refractivity contribution in [2.45, 2.75) is 51.3 Å². The number of benzene rings is 1. The zero-order valence-corrected chi connectivity index (χ0v) is 11.6. The van der Waals surface area contributed by atoms with Gasteiger partial charge in [-0.3, -0.25) is 0 Å². The molecular weight excluding hydrogens is 236 g/mol. The molecule has 1 aromatic carbocycles. The van der Waals surface area contributed by atoms with E-state index >= 15 is 0 Å². The molecule has 0 fully saturated rings. The summed E-state index contributed by atoms with van der Waals surface area (Å²) in [6, 6.07) is 5.78. The van der Waals surface area contributed by atoms with Crippen molar-refractivity contribution in [2.75, 3.05) is 0 Å². The third-order valence-corrected chi connectivity index (χ3v) is 3.12. The van der Waals surface area contributed by atoms with E-state index in [2.05, 4.69) is 13.8 Å². The minimum absolute atomic E-state index is 0.178. The molecule has 0 unspecified atom stereocenters. The fourth-order valence-corrected chi connectivity index (χ4v) is 1.67. The Morgan fingerprint density at radius 2 is 1.41 bits per heavy atom. The van der Waals surface area contributed by atoms with Crippen LogP contribution >= 0.6 is 0 Å². The summed E-state index contributed by atoms with van der Waals surface area (Å²) in [5.74, 6) is 0. The van der Waals surface area contributed by atoms with Crippen LogP contribution in [0.15, 0.2) is 29.2 Å². The topological polar surface area (TPSA) is 57.2 Å². The largest absolute Gasteiger partial charge is 0.744 e. The van der Waals surface area contributed by atoms with Gasteiger partial charge in [0, 0.05) is 0 Å². The van der Waals surface area contributed by atoms with Gasteiger partial charge < -0.3 is 4.55 Å². The summed E-state index contributed by atoms with van der Waals surface area (Å²) in [4.78, 5) is -0.178. The van der Waals surface area contributed by atoms with E-state index in [1.165, 1.54) is 37.8 Å². The van der Waals surface area contributed by atoms with Crippen LogP contribution in [0.25, 0.3) is 0 Å². The van der Waals surface area contributed by atoms with E-state index < -0.39 is 10.1 Å². The Labute approximate surface area is 105 Å². The van der Waals surface area contributed by atoms with Crippen molar-refractivity contribution in [1.82, 2.24) is 0 Å². The van der Waals surface area contributed by atoms with Crippen LogP contribution in [-0.2, 0) is 10.1 Å². The summed E-state index contributed by atoms with van der Waals surface area (Å²) in [7, 11) is -4.27. The molecule has 0 aliphatic heterocycles. The number of hydrogen-bond donors (Lipinski definition) is 0. The zero-order valence-electron chi connectivity index (χ0n) is 10.8. The van der Waals surface area contributed by atoms with E-state index in [0.717, 1.165) is 5.56 Å². The molecule has 4 heteroatoms. The van der Waals surface area contributed by atoms with Crippen LogP contribution < -0.4 is 0 Å². The van der Waals surface area contributed by atoms with Crippen molar-refractivity contribution >= 4 is 10.1 Å². The molecule has 17 heavy (non-hydrogen) atoms. The lowest BCUT2D eigenvalue weighted by Crippen LogP contribution is -1.97. The molecular formula is C13H21O3S-. The standard InChI is InChI=1S/C7H8O3S.C6H14/c1-6-2-4-7(5-3-6)11(8,9)10;1-3-5-6-4-2/h2-5H,1H3,(H,8,9,10);3-6H2,1-2H3/p-1. The maximum Gasteiger partial charge on any atom is 0.124 e. The Hall–Kier alpha value is -0.870. The second kappa shape index (κ2) is 8.25. The quantitative estimate of drug-likeness (QED) is 0.613. The number of aryl methyl sites for hydroxylation is 1. The van der Waals surface area contributed by atoms with Gasteiger partial charge in [0.05, 0.1) is 4.90 Å². The van der Waals surface area contributed by atoms with Gasteiger partial charge in [-0.25, -0.2) is 8.42 Å². The summed E-state index contributed by atoms with van der Waals surface area (Å²) in [5, 5.41) is 0. The predicted octanol–water partition coefficient (Wildman–Crippen LogP) is 3.49. The van der Waals surface area contributed by atoms with Crippen LogP contribution in [0, 0.1) is 6.92 Å². The van der Waals surface area contributed by atoms with E-state index in [4.69, 9.17) is 0 Å². The van der Waals surface area contributed by atoms with Gasteiger partial charge in [0.25, 0.3) is 0 Å². The molecule has 0 spiro atoms. The molecule has 0 atom stereocenters. The van der Waals surface area contributed by atoms with Crippen LogP contribution in [0.4, 0.5) is 0 Å². The Kier molecular flexibility index (Phi) is 7.83. The lowest BCUT2D eigenvalue weighted by molar-refractivity contribution is 0.463. The average Bonchev–Trinajstić information content (AvgIpc) is 2.26. The molecule has 0 aliphatic carbocycles. The van der Waals surface area contributed by atoms with E-state index in [1.807, 2.05) is 6.92 Å². The van der Waals surface area contributed by atoms with Gasteiger partial charge in [-0.2, -0.15) is 0 Å². The molecule has 3 nitrogen and oxygen atoms in total. The van der Waals surface area contributed by atoms with Crippen LogP contribution in [0.5, 0.6) is 0 Å². The van der Waals surface area contributed by atoms with Crippen molar-refractivity contribution < 1.29 is 13.0 Å². The molecule has 0 aliphatic rings. The Balaban J connectivity index is 0.000000366. The van der Waals surface area contributed by atoms with Crippen LogP contribution in [0.1, 0.15) is 45.1 Å². The van der Waals surface area contributed by atoms with Crippen molar-refractivity contribution in [3.8, 4) is 0 Å². The van der Waals surface area contributed by atoms with Crippen molar-refractivity contribution in [1.29, 1.82) is 0 Å². The normalized spacial score (nSPS) is 10.6. The summed E-state index contributed by atoms with van der Waals surface area (Å²) in [5.41, 5.74) is 0.928. The number of unbranched alkanes of at least 4 members (excludes halogenated alkanes) is 3. The predicted molar refractivity (Wildman–Crippen MR) is 69.0 cm³/mol. The number of hydrogen-bond acceptors (Lipinski definition) is 3. The molecule has 0 saturated carbocycles. The highest BCUT2D eigenvalue weighted by Gasteiger charge is 1.97. The average molecular weight is 257 g/mol. The van der Waals surface area contributed by atoms with Gasteiger partial charge >= 0.3 is 0 Å². The molecule has 0 radical (unpaired) electrons. The second-order valence-corrected chi connectivity index (χ2v) is 5.35. The molecule has 0 heterocycles. The van der Waals surface area contributed by atoms with Crippen LogP contribution in [-0.4, -0.2) is 13.0 Å². The van der Waals surface area contributed by atoms with Gasteiger partial charge in [-0.1, -0.05) is 57.2 Å². The van der Waals surface area contributed by atoms with Gasteiger partial charge in [-0.15, -0.1) is 0 Å². The first-order valence-corrected chi connectivity index (χ1v) is 7.35. The SMILES string of the molecule is CCCCCC.Cc1ccc(S(=O)(=O)[O-])cc1. The Bertz CT molecular complexity index is 389. The fourth-order valence-electron chi connectivity index (χ4n) is 1.20. The third kappa shape index (κ3) is 7.94. The first kappa shape index (κ1) is 16.1. The van der Waals surface area contributed by atoms with Crippen molar-refractivity contribution in [3.05, 3.63) is 29.8 Å². The highest BCUT2D eigenvalue weighted by molar-refractivity contribution is 7.85. The van der Waals surface area contributed by atoms with Crippen LogP contribution in [0.3, 0.4) is 0 Å². The van der Waals surface area contributed by atoms with Crippen LogP contribution in [0.2, 0.25) is 0 Å². The molecule has 0 N–H and O–H groups in total. The summed E-state index contributed by atoms with van der Waals surface area (Å²) < 4.78 is 31.2. The smallest absolute Gasteiger partial charge is 0.124 e. The minimum atomic E-state index is -4.27. The second-order valence-electron chi connectivity index (χ2n) is 3.97. The first-order valence-electron chi connectivity index (χ1n) is 5.94. The van der Waals surface area contributed by atoms with Crippen molar-refractivity contribution in [3.63, 3.8) is 0 Å². The summed E-state index contributed by atoms with van der Waals surface area (Å²) in [6.07, 6.45) is 5.54. The fraction of sp³-hybridized carbons (Fsp3) is 0.538. The maximum atomic E-state index is 10.4. The molecule has 98 valence electrons. The zero-order chi connectivity index (χ0) is 13.3. The summed E-state index contributed by atoms with van der Waals surface area (Å²) in [6.45, 7) is 6.28. The number of rotatable bonds is 4. The molecule has 0 amide bonds. The summed E-state index contributed by atoms with van der Waals surface area (Å²) >= 11 is 0. The van der Waals surface area contributed by atoms with E-state index in [9.17, 15) is 13.0 Å². The lowest BCUT2D eigenvalue weighted by Gasteiger charge is -2.05. The van der Waals surface area contributed by atoms with Gasteiger partial charge in [0.15, 0.2) is 0 Å². The van der Waals surface area contributed by atoms with Gasteiger partial charge in [0.1, 0.15) is 10.1 Å². The molecule has 0 bridgehead atoms. The third-order valence-electron chi connectivity index (χ3n) is 2.27. The first-order chi connectivity index (χ1) is 7.91. The van der Waals surface area contributed by atoms with Gasteiger partial charge in [0.2, 0.25) is 0 Å². The maximum absolute atomic E-state index is 10.4. The molecule has 1 aromatic rings. The Morgan fingerprint density at radius 1 is 1.00 bits per heavy atom.